The van der Waals surface area contributed by atoms with Crippen LogP contribution in [-0.4, -0.2) is 24.2 Å². The monoisotopic (exact) mass is 245 g/mol. The molecule has 5 nitrogen and oxygen atoms in total. The van der Waals surface area contributed by atoms with Gasteiger partial charge in [0.2, 0.25) is 0 Å². The third-order valence-electron chi connectivity index (χ3n) is 1.58. The molecule has 3 amide bonds. The number of carbonyl (C=O) groups excluding carboxylic acids is 2. The van der Waals surface area contributed by atoms with E-state index in [0.29, 0.717) is 0 Å². The van der Waals surface area contributed by atoms with Crippen LogP contribution in [0.25, 0.3) is 0 Å². The van der Waals surface area contributed by atoms with Crippen molar-refractivity contribution >= 4 is 11.9 Å². The van der Waals surface area contributed by atoms with Gasteiger partial charge in [-0.1, -0.05) is 0 Å². The molecule has 2 N–H and O–H groups in total. The third kappa shape index (κ3) is 6.66. The Morgan fingerprint density at radius 3 is 2.12 bits per heavy atom. The second-order valence-electron chi connectivity index (χ2n) is 2.67. The first-order chi connectivity index (χ1) is 6.88. The number of alkyl halides is 3. The molecule has 1 unspecified atom stereocenters. The molecule has 0 radical (unpaired) electrons. The fourth-order valence-electron chi connectivity index (χ4n) is 0.970. The first-order valence-electron chi connectivity index (χ1n) is 3.79. The molecule has 0 spiro atoms. The van der Waals surface area contributed by atoms with Gasteiger partial charge in [-0.3, -0.25) is 10.1 Å². The summed E-state index contributed by atoms with van der Waals surface area (Å²) in [6, 6.07) is -1.79. The van der Waals surface area contributed by atoms with E-state index < -0.39 is 37.0 Å². The first-order valence-corrected chi connectivity index (χ1v) is 3.79. The summed E-state index contributed by atoms with van der Waals surface area (Å²) < 4.78 is 35.1. The fourth-order valence-corrected chi connectivity index (χ4v) is 0.970. The van der Waals surface area contributed by atoms with Crippen LogP contribution in [0.15, 0.2) is 0 Å². The molecule has 84 valence electrons. The standard InChI is InChI=1S/C6H7F3N2O2.CN.Na/c7-6(8,9)2-1-3-4(12)11-5(13)10-3;1-2;/h3H,1-2H2,(H2,10,11,12,13);;/q;-1;+1. The van der Waals surface area contributed by atoms with Crippen molar-refractivity contribution in [1.29, 1.82) is 5.26 Å². The van der Waals surface area contributed by atoms with E-state index >= 15 is 0 Å². The van der Waals surface area contributed by atoms with Gasteiger partial charge in [0.05, 0.1) is 0 Å². The summed E-state index contributed by atoms with van der Waals surface area (Å²) in [5.74, 6) is -0.700. The van der Waals surface area contributed by atoms with Crippen LogP contribution in [0.2, 0.25) is 0 Å². The van der Waals surface area contributed by atoms with E-state index in [9.17, 15) is 22.8 Å². The molecule has 1 heterocycles. The van der Waals surface area contributed by atoms with Crippen molar-refractivity contribution in [2.75, 3.05) is 0 Å². The number of amides is 3. The van der Waals surface area contributed by atoms with Crippen LogP contribution in [0.1, 0.15) is 12.8 Å². The molecule has 9 heteroatoms. The van der Waals surface area contributed by atoms with E-state index in [0.717, 1.165) is 0 Å². The number of carbonyl (C=O) groups is 2. The van der Waals surface area contributed by atoms with Crippen molar-refractivity contribution in [3.63, 3.8) is 0 Å². The average Bonchev–Trinajstić information content (AvgIpc) is 2.44. The summed E-state index contributed by atoms with van der Waals surface area (Å²) in [6.45, 7) is 4.75. The van der Waals surface area contributed by atoms with E-state index in [1.807, 2.05) is 5.32 Å². The molecule has 0 aliphatic carbocycles. The zero-order chi connectivity index (χ0) is 12.1. The molecule has 16 heavy (non-hydrogen) atoms. The zero-order valence-electron chi connectivity index (χ0n) is 8.39. The third-order valence-corrected chi connectivity index (χ3v) is 1.58. The molecule has 0 saturated carbocycles. The summed E-state index contributed by atoms with van der Waals surface area (Å²) in [5, 5.41) is 10.2. The Morgan fingerprint density at radius 2 is 1.81 bits per heavy atom. The van der Waals surface area contributed by atoms with Crippen LogP contribution < -0.4 is 40.2 Å². The number of urea groups is 1. The second-order valence-corrected chi connectivity index (χ2v) is 2.67. The summed E-state index contributed by atoms with van der Waals surface area (Å²) >= 11 is 0. The number of nitrogens with one attached hydrogen (secondary N) is 2. The van der Waals surface area contributed by atoms with E-state index in [-0.39, 0.29) is 29.6 Å². The Kier molecular flexibility index (Phi) is 8.24. The quantitative estimate of drug-likeness (QED) is 0.324. The number of imide groups is 1. The van der Waals surface area contributed by atoms with Gasteiger partial charge in [-0.15, -0.1) is 0 Å². The van der Waals surface area contributed by atoms with Crippen LogP contribution in [0.5, 0.6) is 0 Å². The van der Waals surface area contributed by atoms with Gasteiger partial charge in [-0.2, -0.15) is 13.2 Å². The first kappa shape index (κ1) is 17.6. The van der Waals surface area contributed by atoms with Crippen molar-refractivity contribution in [3.05, 3.63) is 6.57 Å². The van der Waals surface area contributed by atoms with Crippen LogP contribution in [-0.2, 0) is 4.79 Å². The Labute approximate surface area is 112 Å². The molecule has 1 aliphatic rings. The molecule has 1 saturated heterocycles. The van der Waals surface area contributed by atoms with Crippen molar-refractivity contribution in [3.8, 4) is 0 Å². The van der Waals surface area contributed by atoms with E-state index in [1.165, 1.54) is 0 Å². The maximum atomic E-state index is 11.7. The summed E-state index contributed by atoms with van der Waals surface area (Å²) in [5.41, 5.74) is 0. The van der Waals surface area contributed by atoms with Crippen LogP contribution in [0.3, 0.4) is 0 Å². The molecular formula is C7H7F3N3NaO2. The zero-order valence-corrected chi connectivity index (χ0v) is 10.4. The van der Waals surface area contributed by atoms with Gasteiger partial charge in [0.25, 0.3) is 5.91 Å². The summed E-state index contributed by atoms with van der Waals surface area (Å²) in [4.78, 5) is 21.2. The van der Waals surface area contributed by atoms with Gasteiger partial charge in [-0.05, 0) is 6.42 Å². The van der Waals surface area contributed by atoms with Gasteiger partial charge in [0.1, 0.15) is 6.04 Å². The number of halogens is 3. The van der Waals surface area contributed by atoms with Gasteiger partial charge in [-0.25, -0.2) is 4.79 Å². The van der Waals surface area contributed by atoms with Gasteiger partial charge >= 0.3 is 41.8 Å². The predicted molar refractivity (Wildman–Crippen MR) is 40.7 cm³/mol. The topological polar surface area (TPSA) is 82.0 Å². The molecule has 0 aromatic rings. The molecule has 1 fully saturated rings. The Balaban J connectivity index is 0. The summed E-state index contributed by atoms with van der Waals surface area (Å²) in [7, 11) is 0. The molecular weight excluding hydrogens is 238 g/mol. The Hall–Kier alpha value is -0.780. The van der Waals surface area contributed by atoms with Crippen molar-refractivity contribution in [1.82, 2.24) is 10.6 Å². The molecule has 1 atom stereocenters. The molecule has 1 aliphatic heterocycles. The molecule has 0 aromatic carbocycles. The van der Waals surface area contributed by atoms with Gasteiger partial charge < -0.3 is 17.2 Å². The normalized spacial score (nSPS) is 18.7. The number of hydrogen-bond acceptors (Lipinski definition) is 3. The van der Waals surface area contributed by atoms with Crippen molar-refractivity contribution < 1.29 is 52.3 Å². The van der Waals surface area contributed by atoms with Gasteiger partial charge in [0.15, 0.2) is 0 Å². The minimum atomic E-state index is -4.30. The minimum absolute atomic E-state index is 0. The van der Waals surface area contributed by atoms with Crippen molar-refractivity contribution in [2.24, 2.45) is 0 Å². The minimum Gasteiger partial charge on any atom is -0.512 e. The summed E-state index contributed by atoms with van der Waals surface area (Å²) in [6.07, 6.45) is -5.79. The largest absolute Gasteiger partial charge is 1.00 e. The Morgan fingerprint density at radius 1 is 1.31 bits per heavy atom. The maximum Gasteiger partial charge on any atom is 1.00 e. The predicted octanol–water partition coefficient (Wildman–Crippen LogP) is -2.36. The van der Waals surface area contributed by atoms with E-state index in [2.05, 4.69) is 5.32 Å². The smallest absolute Gasteiger partial charge is 0.512 e. The van der Waals surface area contributed by atoms with Crippen LogP contribution >= 0.6 is 0 Å². The molecule has 0 aromatic heterocycles. The van der Waals surface area contributed by atoms with Crippen molar-refractivity contribution in [2.45, 2.75) is 25.1 Å². The van der Waals surface area contributed by atoms with Crippen LogP contribution in [0.4, 0.5) is 18.0 Å². The van der Waals surface area contributed by atoms with Crippen LogP contribution in [0, 0.1) is 11.8 Å². The van der Waals surface area contributed by atoms with E-state index in [1.54, 1.807) is 0 Å². The number of nitrogens with zero attached hydrogens (tertiary/aromatic N) is 1. The fraction of sp³-hybridized carbons (Fsp3) is 0.571. The number of rotatable bonds is 2. The average molecular weight is 245 g/mol. The molecule has 1 rings (SSSR count). The number of hydrogen-bond donors (Lipinski definition) is 2. The van der Waals surface area contributed by atoms with E-state index in [4.69, 9.17) is 11.8 Å². The SMILES string of the molecule is O=C1NC(=O)C(CCC(F)(F)F)N1.[C-]#N.[Na+]. The second kappa shape index (κ2) is 7.49. The molecule has 0 bridgehead atoms. The maximum absolute atomic E-state index is 11.7. The van der Waals surface area contributed by atoms with Gasteiger partial charge in [0, 0.05) is 6.42 Å². The Bertz CT molecular complexity index is 280.